The first-order valence-corrected chi connectivity index (χ1v) is 9.47. The molecule has 0 saturated carbocycles. The Kier molecular flexibility index (Phi) is 3.14. The molecule has 0 bridgehead atoms. The summed E-state index contributed by atoms with van der Waals surface area (Å²) in [6.45, 7) is 3.38. The third kappa shape index (κ3) is 1.90. The van der Waals surface area contributed by atoms with E-state index in [4.69, 9.17) is 0 Å². The Bertz CT molecular complexity index is 676. The summed E-state index contributed by atoms with van der Waals surface area (Å²) < 4.78 is 0. The Hall–Kier alpha value is -1.57. The minimum absolute atomic E-state index is 0.577. The highest BCUT2D eigenvalue weighted by Gasteiger charge is 2.49. The quantitative estimate of drug-likeness (QED) is 0.690. The second kappa shape index (κ2) is 5.22. The van der Waals surface area contributed by atoms with Crippen LogP contribution in [0.2, 0.25) is 0 Å². The van der Waals surface area contributed by atoms with Gasteiger partial charge >= 0.3 is 0 Å². The van der Waals surface area contributed by atoms with Crippen LogP contribution in [0.15, 0.2) is 51.8 Å². The van der Waals surface area contributed by atoms with E-state index in [1.807, 2.05) is 6.21 Å². The molecule has 2 heteroatoms. The van der Waals surface area contributed by atoms with Crippen LogP contribution in [0.1, 0.15) is 45.4 Å². The average molecular weight is 306 g/mol. The van der Waals surface area contributed by atoms with E-state index in [1.165, 1.54) is 38.5 Å². The molecule has 0 aromatic heterocycles. The van der Waals surface area contributed by atoms with E-state index in [0.29, 0.717) is 12.0 Å². The van der Waals surface area contributed by atoms with Gasteiger partial charge in [0.15, 0.2) is 0 Å². The van der Waals surface area contributed by atoms with Crippen molar-refractivity contribution in [2.24, 2.45) is 22.7 Å². The molecule has 4 atom stereocenters. The Morgan fingerprint density at radius 2 is 2.17 bits per heavy atom. The van der Waals surface area contributed by atoms with Gasteiger partial charge in [0.2, 0.25) is 0 Å². The minimum Gasteiger partial charge on any atom is -0.341 e. The number of hydrogen-bond acceptors (Lipinski definition) is 2. The number of fused-ring (bicyclic) bond motifs is 5. The highest BCUT2D eigenvalue weighted by Crippen LogP contribution is 2.55. The molecule has 3 heterocycles. The zero-order chi connectivity index (χ0) is 15.4. The molecule has 0 amide bonds. The van der Waals surface area contributed by atoms with Gasteiger partial charge in [-0.25, -0.2) is 0 Å². The van der Waals surface area contributed by atoms with E-state index in [9.17, 15) is 0 Å². The van der Waals surface area contributed by atoms with E-state index in [2.05, 4.69) is 41.1 Å². The average Bonchev–Trinajstić information content (AvgIpc) is 2.83. The summed E-state index contributed by atoms with van der Waals surface area (Å²) in [7, 11) is 0. The molecule has 0 radical (unpaired) electrons. The second-order valence-electron chi connectivity index (χ2n) is 7.69. The summed E-state index contributed by atoms with van der Waals surface area (Å²) in [4.78, 5) is 7.39. The highest BCUT2D eigenvalue weighted by molar-refractivity contribution is 5.74. The molecule has 0 aromatic carbocycles. The molecule has 2 aliphatic carbocycles. The molecule has 23 heavy (non-hydrogen) atoms. The molecular formula is C21H26N2. The van der Waals surface area contributed by atoms with Crippen LogP contribution in [0.5, 0.6) is 0 Å². The van der Waals surface area contributed by atoms with Crippen LogP contribution in [-0.2, 0) is 0 Å². The van der Waals surface area contributed by atoms with Crippen molar-refractivity contribution in [3.8, 4) is 0 Å². The van der Waals surface area contributed by atoms with E-state index < -0.39 is 0 Å². The fraction of sp³-hybridized carbons (Fsp3) is 0.571. The number of hydrogen-bond donors (Lipinski definition) is 0. The lowest BCUT2D eigenvalue weighted by atomic mass is 9.74. The van der Waals surface area contributed by atoms with Crippen molar-refractivity contribution in [1.29, 1.82) is 0 Å². The number of nitrogens with zero attached hydrogens (tertiary/aromatic N) is 2. The predicted octanol–water partition coefficient (Wildman–Crippen LogP) is 4.63. The van der Waals surface area contributed by atoms with Gasteiger partial charge in [0.25, 0.3) is 0 Å². The van der Waals surface area contributed by atoms with Crippen molar-refractivity contribution in [1.82, 2.24) is 4.90 Å². The Balaban J connectivity index is 1.70. The van der Waals surface area contributed by atoms with Crippen molar-refractivity contribution in [3.63, 3.8) is 0 Å². The number of aliphatic imine (C=N–C) groups is 1. The van der Waals surface area contributed by atoms with Crippen molar-refractivity contribution in [3.05, 3.63) is 46.8 Å². The first-order valence-electron chi connectivity index (χ1n) is 9.47. The van der Waals surface area contributed by atoms with Gasteiger partial charge in [0.1, 0.15) is 0 Å². The van der Waals surface area contributed by atoms with Gasteiger partial charge in [-0.3, -0.25) is 4.99 Å². The van der Waals surface area contributed by atoms with Crippen LogP contribution in [0.4, 0.5) is 0 Å². The molecular weight excluding hydrogens is 280 g/mol. The van der Waals surface area contributed by atoms with E-state index >= 15 is 0 Å². The Labute approximate surface area is 139 Å². The van der Waals surface area contributed by atoms with Crippen LogP contribution in [0.25, 0.3) is 0 Å². The van der Waals surface area contributed by atoms with Gasteiger partial charge in [-0.15, -0.1) is 0 Å². The van der Waals surface area contributed by atoms with Crippen LogP contribution in [0.3, 0.4) is 0 Å². The maximum atomic E-state index is 4.61. The SMILES string of the molecule is CCC1CC[C@H]2C3=C1CC=C1C=CCCC1N3C1=CC=NC[C@@H]12. The van der Waals surface area contributed by atoms with Crippen LogP contribution >= 0.6 is 0 Å². The van der Waals surface area contributed by atoms with Crippen LogP contribution in [0, 0.1) is 17.8 Å². The van der Waals surface area contributed by atoms with Crippen molar-refractivity contribution < 1.29 is 0 Å². The first-order chi connectivity index (χ1) is 11.4. The zero-order valence-electron chi connectivity index (χ0n) is 14.0. The van der Waals surface area contributed by atoms with E-state index in [-0.39, 0.29) is 0 Å². The molecule has 5 aliphatic rings. The molecule has 5 rings (SSSR count). The molecule has 1 fully saturated rings. The number of allylic oxidation sites excluding steroid dienone is 5. The summed E-state index contributed by atoms with van der Waals surface area (Å²) in [5.41, 5.74) is 6.61. The molecule has 2 nitrogen and oxygen atoms in total. The van der Waals surface area contributed by atoms with Gasteiger partial charge in [-0.2, -0.15) is 0 Å². The Morgan fingerprint density at radius 1 is 1.22 bits per heavy atom. The fourth-order valence-corrected chi connectivity index (χ4v) is 5.65. The highest BCUT2D eigenvalue weighted by atomic mass is 15.2. The molecule has 0 aromatic rings. The third-order valence-corrected chi connectivity index (χ3v) is 6.72. The van der Waals surface area contributed by atoms with Gasteiger partial charge in [0.05, 0.1) is 6.04 Å². The van der Waals surface area contributed by atoms with Crippen molar-refractivity contribution >= 4 is 6.21 Å². The molecule has 2 unspecified atom stereocenters. The lowest BCUT2D eigenvalue weighted by molar-refractivity contribution is 0.316. The molecule has 0 spiro atoms. The predicted molar refractivity (Wildman–Crippen MR) is 95.2 cm³/mol. The lowest BCUT2D eigenvalue weighted by Gasteiger charge is -2.37. The second-order valence-corrected chi connectivity index (χ2v) is 7.69. The van der Waals surface area contributed by atoms with E-state index in [0.717, 1.165) is 18.4 Å². The van der Waals surface area contributed by atoms with Gasteiger partial charge in [-0.05, 0) is 61.7 Å². The molecule has 120 valence electrons. The maximum absolute atomic E-state index is 4.61. The summed E-state index contributed by atoms with van der Waals surface area (Å²) in [5, 5.41) is 0. The van der Waals surface area contributed by atoms with Gasteiger partial charge in [0, 0.05) is 36.0 Å². The van der Waals surface area contributed by atoms with Gasteiger partial charge < -0.3 is 4.90 Å². The number of dihydropyridines is 1. The van der Waals surface area contributed by atoms with Crippen molar-refractivity contribution in [2.45, 2.75) is 51.5 Å². The smallest absolute Gasteiger partial charge is 0.0585 e. The summed E-state index contributed by atoms with van der Waals surface area (Å²) in [6, 6.07) is 0.577. The van der Waals surface area contributed by atoms with Crippen LogP contribution in [-0.4, -0.2) is 23.7 Å². The largest absolute Gasteiger partial charge is 0.341 e. The minimum atomic E-state index is 0.577. The number of rotatable bonds is 1. The third-order valence-electron chi connectivity index (χ3n) is 6.72. The molecule has 3 aliphatic heterocycles. The monoisotopic (exact) mass is 306 g/mol. The first kappa shape index (κ1) is 13.8. The lowest BCUT2D eigenvalue weighted by Crippen LogP contribution is -2.34. The van der Waals surface area contributed by atoms with E-state index in [1.54, 1.807) is 22.5 Å². The maximum Gasteiger partial charge on any atom is 0.0585 e. The molecule has 0 N–H and O–H groups in total. The van der Waals surface area contributed by atoms with Gasteiger partial charge in [-0.1, -0.05) is 25.2 Å². The zero-order valence-corrected chi connectivity index (χ0v) is 14.0. The topological polar surface area (TPSA) is 15.6 Å². The summed E-state index contributed by atoms with van der Waals surface area (Å²) in [6.07, 6.45) is 19.4. The summed E-state index contributed by atoms with van der Waals surface area (Å²) >= 11 is 0. The fourth-order valence-electron chi connectivity index (χ4n) is 5.65. The van der Waals surface area contributed by atoms with Crippen LogP contribution < -0.4 is 0 Å². The standard InChI is InChI=1S/C21H26N2/c1-2-14-7-10-17-18-13-22-12-11-20(18)23-19-6-4-3-5-15(19)8-9-16(14)21(17)23/h3,5,8,11-12,14,17-19H,2,4,6-7,9-10,13H2,1H3/t14?,17-,18-,19?/m1/s1. The normalized spacial score (nSPS) is 37.7. The molecule has 1 saturated heterocycles. The summed E-state index contributed by atoms with van der Waals surface area (Å²) in [5.74, 6) is 2.18. The van der Waals surface area contributed by atoms with Crippen molar-refractivity contribution in [2.75, 3.05) is 6.54 Å². The Morgan fingerprint density at radius 3 is 3.09 bits per heavy atom.